The van der Waals surface area contributed by atoms with Gasteiger partial charge in [0, 0.05) is 51.7 Å². The second-order valence-corrected chi connectivity index (χ2v) is 7.76. The Morgan fingerprint density at radius 2 is 2.10 bits per heavy atom. The maximum atomic E-state index is 12.5. The number of amides is 2. The molecule has 1 atom stereocenters. The van der Waals surface area contributed by atoms with Crippen LogP contribution in [-0.4, -0.2) is 74.9 Å². The molecular formula is C21H25N7O2. The van der Waals surface area contributed by atoms with Gasteiger partial charge in [-0.15, -0.1) is 10.2 Å². The van der Waals surface area contributed by atoms with E-state index in [0.717, 1.165) is 31.9 Å². The van der Waals surface area contributed by atoms with Crippen LogP contribution < -0.4 is 5.32 Å². The summed E-state index contributed by atoms with van der Waals surface area (Å²) >= 11 is 0. The van der Waals surface area contributed by atoms with E-state index in [2.05, 4.69) is 31.5 Å². The van der Waals surface area contributed by atoms with E-state index in [9.17, 15) is 9.59 Å². The van der Waals surface area contributed by atoms with E-state index >= 15 is 0 Å². The maximum Gasteiger partial charge on any atom is 0.253 e. The van der Waals surface area contributed by atoms with Crippen molar-refractivity contribution in [1.29, 1.82) is 0 Å². The fourth-order valence-corrected chi connectivity index (χ4v) is 3.67. The topological polar surface area (TPSA) is 95.7 Å². The Bertz CT molecular complexity index is 1050. The molecule has 0 spiro atoms. The normalized spacial score (nSPS) is 16.7. The second-order valence-electron chi connectivity index (χ2n) is 7.76. The number of aromatic nitrogens is 4. The smallest absolute Gasteiger partial charge is 0.253 e. The monoisotopic (exact) mass is 407 g/mol. The van der Waals surface area contributed by atoms with Crippen molar-refractivity contribution in [2.24, 2.45) is 0 Å². The van der Waals surface area contributed by atoms with Crippen molar-refractivity contribution >= 4 is 17.5 Å². The largest absolute Gasteiger partial charge is 0.347 e. The first kappa shape index (κ1) is 20.0. The standard InChI is InChI=1S/C21H25N7O2/c1-26(2)19(29)11-23-21(30)17-5-6-18-24-25-20(28(18)14-17)16-7-9-27(13-16)12-15-4-3-8-22-10-15/h3-6,8,10,14,16H,7,9,11-13H2,1-2H3,(H,23,30)/t16-/m1/s1. The van der Waals surface area contributed by atoms with Crippen molar-refractivity contribution in [1.82, 2.24) is 34.7 Å². The first-order chi connectivity index (χ1) is 14.5. The number of pyridine rings is 2. The third kappa shape index (κ3) is 4.30. The molecule has 4 rings (SSSR count). The molecule has 156 valence electrons. The highest BCUT2D eigenvalue weighted by Gasteiger charge is 2.28. The lowest BCUT2D eigenvalue weighted by Gasteiger charge is -2.15. The van der Waals surface area contributed by atoms with E-state index in [1.165, 1.54) is 10.5 Å². The third-order valence-corrected chi connectivity index (χ3v) is 5.36. The first-order valence-electron chi connectivity index (χ1n) is 9.95. The predicted octanol–water partition coefficient (Wildman–Crippen LogP) is 0.932. The van der Waals surface area contributed by atoms with Crippen LogP contribution in [0.4, 0.5) is 0 Å². The summed E-state index contributed by atoms with van der Waals surface area (Å²) in [4.78, 5) is 32.2. The maximum absolute atomic E-state index is 12.5. The molecule has 1 N–H and O–H groups in total. The molecule has 0 unspecified atom stereocenters. The third-order valence-electron chi connectivity index (χ3n) is 5.36. The predicted molar refractivity (Wildman–Crippen MR) is 111 cm³/mol. The van der Waals surface area contributed by atoms with E-state index in [4.69, 9.17) is 0 Å². The molecule has 1 aliphatic rings. The molecule has 0 radical (unpaired) electrons. The number of nitrogens with one attached hydrogen (secondary N) is 1. The van der Waals surface area contributed by atoms with Crippen LogP contribution in [0.5, 0.6) is 0 Å². The molecule has 2 amide bonds. The van der Waals surface area contributed by atoms with E-state index in [-0.39, 0.29) is 24.3 Å². The van der Waals surface area contributed by atoms with Crippen LogP contribution in [0.2, 0.25) is 0 Å². The summed E-state index contributed by atoms with van der Waals surface area (Å²) < 4.78 is 1.89. The molecule has 0 aliphatic carbocycles. The molecule has 9 heteroatoms. The lowest BCUT2D eigenvalue weighted by molar-refractivity contribution is -0.127. The van der Waals surface area contributed by atoms with Gasteiger partial charge in [-0.3, -0.25) is 23.9 Å². The van der Waals surface area contributed by atoms with Crippen LogP contribution in [0.1, 0.15) is 34.1 Å². The number of nitrogens with zero attached hydrogens (tertiary/aromatic N) is 6. The molecule has 3 aromatic heterocycles. The highest BCUT2D eigenvalue weighted by molar-refractivity contribution is 5.96. The zero-order chi connectivity index (χ0) is 21.1. The number of carbonyl (C=O) groups is 2. The summed E-state index contributed by atoms with van der Waals surface area (Å²) in [5.41, 5.74) is 2.37. The van der Waals surface area contributed by atoms with E-state index in [1.54, 1.807) is 38.6 Å². The summed E-state index contributed by atoms with van der Waals surface area (Å²) in [6.45, 7) is 2.67. The van der Waals surface area contributed by atoms with Gasteiger partial charge >= 0.3 is 0 Å². The van der Waals surface area contributed by atoms with Gasteiger partial charge < -0.3 is 10.2 Å². The fraction of sp³-hybridized carbons (Fsp3) is 0.381. The van der Waals surface area contributed by atoms with E-state index in [1.807, 2.05) is 16.7 Å². The van der Waals surface area contributed by atoms with Gasteiger partial charge in [0.05, 0.1) is 12.1 Å². The van der Waals surface area contributed by atoms with Gasteiger partial charge in [0.25, 0.3) is 5.91 Å². The highest BCUT2D eigenvalue weighted by atomic mass is 16.2. The van der Waals surface area contributed by atoms with E-state index in [0.29, 0.717) is 11.2 Å². The van der Waals surface area contributed by atoms with Gasteiger partial charge in [0.15, 0.2) is 5.65 Å². The Labute approximate surface area is 174 Å². The van der Waals surface area contributed by atoms with Crippen LogP contribution in [0, 0.1) is 0 Å². The van der Waals surface area contributed by atoms with Crippen LogP contribution in [-0.2, 0) is 11.3 Å². The Morgan fingerprint density at radius 1 is 1.23 bits per heavy atom. The summed E-state index contributed by atoms with van der Waals surface area (Å²) in [6.07, 6.45) is 6.41. The SMILES string of the molecule is CN(C)C(=O)CNC(=O)c1ccc2nnc([C@@H]3CCN(Cc4cccnc4)C3)n2c1. The summed E-state index contributed by atoms with van der Waals surface area (Å²) in [5, 5.41) is 11.3. The van der Waals surface area contributed by atoms with E-state index < -0.39 is 0 Å². The van der Waals surface area contributed by atoms with Crippen LogP contribution >= 0.6 is 0 Å². The van der Waals surface area contributed by atoms with Crippen LogP contribution in [0.3, 0.4) is 0 Å². The van der Waals surface area contributed by atoms with Crippen molar-refractivity contribution in [3.63, 3.8) is 0 Å². The Kier molecular flexibility index (Phi) is 5.71. The number of likely N-dealkylation sites (N-methyl/N-ethyl adjacent to an activating group) is 1. The van der Waals surface area contributed by atoms with Gasteiger partial charge in [-0.05, 0) is 36.7 Å². The minimum Gasteiger partial charge on any atom is -0.347 e. The zero-order valence-electron chi connectivity index (χ0n) is 17.2. The number of carbonyl (C=O) groups excluding carboxylic acids is 2. The van der Waals surface area contributed by atoms with Gasteiger partial charge in [0.1, 0.15) is 5.82 Å². The minimum absolute atomic E-state index is 0.0369. The quantitative estimate of drug-likeness (QED) is 0.653. The number of hydrogen-bond donors (Lipinski definition) is 1. The summed E-state index contributed by atoms with van der Waals surface area (Å²) in [7, 11) is 3.31. The fourth-order valence-electron chi connectivity index (χ4n) is 3.67. The molecule has 1 saturated heterocycles. The molecule has 9 nitrogen and oxygen atoms in total. The van der Waals surface area contributed by atoms with Crippen LogP contribution in [0.25, 0.3) is 5.65 Å². The van der Waals surface area contributed by atoms with Crippen molar-refractivity contribution in [3.8, 4) is 0 Å². The molecule has 3 aromatic rings. The molecule has 0 aromatic carbocycles. The molecule has 0 bridgehead atoms. The minimum atomic E-state index is -0.295. The Balaban J connectivity index is 1.47. The molecular weight excluding hydrogens is 382 g/mol. The van der Waals surface area contributed by atoms with Crippen molar-refractivity contribution in [2.75, 3.05) is 33.7 Å². The highest BCUT2D eigenvalue weighted by Crippen LogP contribution is 2.27. The van der Waals surface area contributed by atoms with Crippen molar-refractivity contribution in [3.05, 3.63) is 59.8 Å². The van der Waals surface area contributed by atoms with Gasteiger partial charge in [-0.25, -0.2) is 0 Å². The number of fused-ring (bicyclic) bond motifs is 1. The Morgan fingerprint density at radius 3 is 2.87 bits per heavy atom. The average molecular weight is 407 g/mol. The van der Waals surface area contributed by atoms with Crippen LogP contribution in [0.15, 0.2) is 42.9 Å². The molecule has 1 aliphatic heterocycles. The molecule has 4 heterocycles. The molecule has 1 fully saturated rings. The summed E-state index contributed by atoms with van der Waals surface area (Å²) in [5.74, 6) is 0.647. The first-order valence-corrected chi connectivity index (χ1v) is 9.95. The number of hydrogen-bond acceptors (Lipinski definition) is 6. The average Bonchev–Trinajstić information content (AvgIpc) is 3.38. The zero-order valence-corrected chi connectivity index (χ0v) is 17.2. The second kappa shape index (κ2) is 8.58. The number of likely N-dealkylation sites (tertiary alicyclic amines) is 1. The Hall–Kier alpha value is -3.33. The molecule has 30 heavy (non-hydrogen) atoms. The van der Waals surface area contributed by atoms with Gasteiger partial charge in [0.2, 0.25) is 5.91 Å². The number of rotatable bonds is 6. The summed E-state index contributed by atoms with van der Waals surface area (Å²) in [6, 6.07) is 7.51. The van der Waals surface area contributed by atoms with Gasteiger partial charge in [-0.2, -0.15) is 0 Å². The van der Waals surface area contributed by atoms with Crippen molar-refractivity contribution in [2.45, 2.75) is 18.9 Å². The lowest BCUT2D eigenvalue weighted by atomic mass is 10.1. The van der Waals surface area contributed by atoms with Gasteiger partial charge in [-0.1, -0.05) is 6.07 Å². The lowest BCUT2D eigenvalue weighted by Crippen LogP contribution is -2.36. The molecule has 0 saturated carbocycles. The van der Waals surface area contributed by atoms with Crippen molar-refractivity contribution < 1.29 is 9.59 Å².